The van der Waals surface area contributed by atoms with Crippen LogP contribution in [0.2, 0.25) is 0 Å². The molecule has 3 aromatic rings. The molecule has 0 aliphatic heterocycles. The minimum absolute atomic E-state index is 0.124. The molecule has 3 aromatic carbocycles. The van der Waals surface area contributed by atoms with Crippen LogP contribution in [0.15, 0.2) is 77.7 Å². The van der Waals surface area contributed by atoms with Crippen molar-refractivity contribution in [3.63, 3.8) is 0 Å². The average molecular weight is 439 g/mol. The number of hydrogen-bond acceptors (Lipinski definition) is 4. The molecule has 0 aromatic heterocycles. The Morgan fingerprint density at radius 3 is 2.26 bits per heavy atom. The summed E-state index contributed by atoms with van der Waals surface area (Å²) in [6, 6.07) is 21.0. The molecule has 0 saturated heterocycles. The van der Waals surface area contributed by atoms with E-state index in [4.69, 9.17) is 4.74 Å². The van der Waals surface area contributed by atoms with E-state index in [2.05, 4.69) is 10.0 Å². The number of carbonyl (C=O) groups excluding carboxylic acids is 1. The lowest BCUT2D eigenvalue weighted by Gasteiger charge is -2.10. The van der Waals surface area contributed by atoms with Crippen molar-refractivity contribution in [1.29, 1.82) is 0 Å². The van der Waals surface area contributed by atoms with Crippen molar-refractivity contribution in [3.05, 3.63) is 83.9 Å². The Hall–Kier alpha value is -3.32. The zero-order valence-electron chi connectivity index (χ0n) is 17.6. The minimum Gasteiger partial charge on any atom is -0.494 e. The Kier molecular flexibility index (Phi) is 7.31. The van der Waals surface area contributed by atoms with Crippen LogP contribution in [-0.4, -0.2) is 20.9 Å². The van der Waals surface area contributed by atoms with Crippen LogP contribution in [0.5, 0.6) is 5.75 Å². The average Bonchev–Trinajstić information content (AvgIpc) is 2.72. The molecule has 0 aliphatic carbocycles. The third-order valence-corrected chi connectivity index (χ3v) is 5.95. The number of ether oxygens (including phenoxy) is 1. The summed E-state index contributed by atoms with van der Waals surface area (Å²) in [5, 5.41) is 2.77. The van der Waals surface area contributed by atoms with Gasteiger partial charge in [-0.15, -0.1) is 0 Å². The molecule has 0 bridgehead atoms. The molecule has 162 valence electrons. The molecule has 0 radical (unpaired) electrons. The number of aryl methyl sites for hydroxylation is 2. The topological polar surface area (TPSA) is 84.5 Å². The molecule has 6 nitrogen and oxygen atoms in total. The maximum atomic E-state index is 12.5. The van der Waals surface area contributed by atoms with Crippen LogP contribution >= 0.6 is 0 Å². The van der Waals surface area contributed by atoms with Gasteiger partial charge >= 0.3 is 0 Å². The zero-order chi connectivity index (χ0) is 22.3. The monoisotopic (exact) mass is 438 g/mol. The van der Waals surface area contributed by atoms with Crippen molar-refractivity contribution < 1.29 is 17.9 Å². The van der Waals surface area contributed by atoms with Crippen molar-refractivity contribution in [2.45, 2.75) is 31.6 Å². The van der Waals surface area contributed by atoms with Gasteiger partial charge in [0, 0.05) is 17.8 Å². The molecular formula is C24H26N2O4S. The summed E-state index contributed by atoms with van der Waals surface area (Å²) >= 11 is 0. The van der Waals surface area contributed by atoms with Gasteiger partial charge in [0.15, 0.2) is 0 Å². The SMILES string of the molecule is Cc1ccc(OCCCC(=O)Nc2ccc(S(=O)(=O)Nc3cccc(C)c3)cc2)cc1. The standard InChI is InChI=1S/C24H26N2O4S/c1-18-8-12-22(13-9-18)30-16-4-7-24(27)25-20-10-14-23(15-11-20)31(28,29)26-21-6-3-5-19(2)17-21/h3,5-6,8-15,17,26H,4,7,16H2,1-2H3,(H,25,27). The second-order valence-corrected chi connectivity index (χ2v) is 9.00. The van der Waals surface area contributed by atoms with Crippen LogP contribution < -0.4 is 14.8 Å². The minimum atomic E-state index is -3.70. The largest absolute Gasteiger partial charge is 0.494 e. The maximum absolute atomic E-state index is 12.5. The Balaban J connectivity index is 1.48. The van der Waals surface area contributed by atoms with Gasteiger partial charge in [-0.25, -0.2) is 8.42 Å². The number of benzene rings is 3. The van der Waals surface area contributed by atoms with Crippen molar-refractivity contribution >= 4 is 27.3 Å². The Labute approximate surface area is 183 Å². The molecule has 3 rings (SSSR count). The third-order valence-electron chi connectivity index (χ3n) is 4.56. The van der Waals surface area contributed by atoms with Gasteiger partial charge in [-0.2, -0.15) is 0 Å². The van der Waals surface area contributed by atoms with Crippen molar-refractivity contribution in [3.8, 4) is 5.75 Å². The fourth-order valence-corrected chi connectivity index (χ4v) is 3.97. The van der Waals surface area contributed by atoms with E-state index < -0.39 is 10.0 Å². The second-order valence-electron chi connectivity index (χ2n) is 7.31. The van der Waals surface area contributed by atoms with Crippen LogP contribution in [0.1, 0.15) is 24.0 Å². The Morgan fingerprint density at radius 1 is 0.871 bits per heavy atom. The second kappa shape index (κ2) is 10.1. The maximum Gasteiger partial charge on any atom is 0.261 e. The number of nitrogens with one attached hydrogen (secondary N) is 2. The van der Waals surface area contributed by atoms with Crippen molar-refractivity contribution in [2.75, 3.05) is 16.6 Å². The first-order chi connectivity index (χ1) is 14.8. The van der Waals surface area contributed by atoms with Gasteiger partial charge in [-0.1, -0.05) is 29.8 Å². The summed E-state index contributed by atoms with van der Waals surface area (Å²) in [6.45, 7) is 4.35. The van der Waals surface area contributed by atoms with Crippen molar-refractivity contribution in [1.82, 2.24) is 0 Å². The Bertz CT molecular complexity index is 1130. The fourth-order valence-electron chi connectivity index (χ4n) is 2.92. The summed E-state index contributed by atoms with van der Waals surface area (Å²) in [7, 11) is -3.70. The molecule has 0 heterocycles. The molecule has 2 N–H and O–H groups in total. The molecule has 0 atom stereocenters. The highest BCUT2D eigenvalue weighted by Crippen LogP contribution is 2.19. The summed E-state index contributed by atoms with van der Waals surface area (Å²) < 4.78 is 33.3. The highest BCUT2D eigenvalue weighted by atomic mass is 32.2. The highest BCUT2D eigenvalue weighted by molar-refractivity contribution is 7.92. The number of anilines is 2. The van der Waals surface area contributed by atoms with Crippen LogP contribution in [-0.2, 0) is 14.8 Å². The van der Waals surface area contributed by atoms with E-state index >= 15 is 0 Å². The predicted octanol–water partition coefficient (Wildman–Crippen LogP) is 4.90. The quantitative estimate of drug-likeness (QED) is 0.465. The molecule has 0 unspecified atom stereocenters. The first-order valence-corrected chi connectivity index (χ1v) is 11.5. The number of rotatable bonds is 9. The molecule has 0 saturated carbocycles. The number of hydrogen-bond donors (Lipinski definition) is 2. The van der Waals surface area contributed by atoms with E-state index in [0.717, 1.165) is 16.9 Å². The first-order valence-electron chi connectivity index (χ1n) is 10.0. The normalized spacial score (nSPS) is 11.0. The summed E-state index contributed by atoms with van der Waals surface area (Å²) in [6.07, 6.45) is 0.882. The van der Waals surface area contributed by atoms with Gasteiger partial charge in [0.1, 0.15) is 5.75 Å². The molecule has 7 heteroatoms. The van der Waals surface area contributed by atoms with Gasteiger partial charge in [0.2, 0.25) is 5.91 Å². The first kappa shape index (κ1) is 22.4. The lowest BCUT2D eigenvalue weighted by atomic mass is 10.2. The Morgan fingerprint density at radius 2 is 1.58 bits per heavy atom. The van der Waals surface area contributed by atoms with Crippen LogP contribution in [0.3, 0.4) is 0 Å². The zero-order valence-corrected chi connectivity index (χ0v) is 18.4. The van der Waals surface area contributed by atoms with E-state index in [0.29, 0.717) is 30.8 Å². The molecular weight excluding hydrogens is 412 g/mol. The van der Waals surface area contributed by atoms with Gasteiger partial charge < -0.3 is 10.1 Å². The fraction of sp³-hybridized carbons (Fsp3) is 0.208. The predicted molar refractivity (Wildman–Crippen MR) is 123 cm³/mol. The smallest absolute Gasteiger partial charge is 0.261 e. The van der Waals surface area contributed by atoms with E-state index in [-0.39, 0.29) is 10.8 Å². The van der Waals surface area contributed by atoms with Crippen LogP contribution in [0.4, 0.5) is 11.4 Å². The summed E-state index contributed by atoms with van der Waals surface area (Å²) in [5.74, 6) is 0.628. The summed E-state index contributed by atoms with van der Waals surface area (Å²) in [5.41, 5.74) is 3.17. The van der Waals surface area contributed by atoms with Gasteiger partial charge in [0.25, 0.3) is 10.0 Å². The van der Waals surface area contributed by atoms with E-state index in [1.807, 2.05) is 44.2 Å². The molecule has 0 aliphatic rings. The van der Waals surface area contributed by atoms with Gasteiger partial charge in [-0.05, 0) is 74.4 Å². The molecule has 0 fully saturated rings. The van der Waals surface area contributed by atoms with Crippen LogP contribution in [0.25, 0.3) is 0 Å². The lowest BCUT2D eigenvalue weighted by molar-refractivity contribution is -0.116. The number of carbonyl (C=O) groups is 1. The molecule has 0 spiro atoms. The van der Waals surface area contributed by atoms with Crippen molar-refractivity contribution in [2.24, 2.45) is 0 Å². The molecule has 31 heavy (non-hydrogen) atoms. The van der Waals surface area contributed by atoms with E-state index in [1.54, 1.807) is 30.3 Å². The van der Waals surface area contributed by atoms with Gasteiger partial charge in [0.05, 0.1) is 11.5 Å². The lowest BCUT2D eigenvalue weighted by Crippen LogP contribution is -2.14. The van der Waals surface area contributed by atoms with E-state index in [1.165, 1.54) is 12.1 Å². The highest BCUT2D eigenvalue weighted by Gasteiger charge is 2.14. The number of amides is 1. The molecule has 1 amide bonds. The third kappa shape index (κ3) is 6.86. The van der Waals surface area contributed by atoms with Gasteiger partial charge in [-0.3, -0.25) is 9.52 Å². The van der Waals surface area contributed by atoms with E-state index in [9.17, 15) is 13.2 Å². The number of sulfonamides is 1. The van der Waals surface area contributed by atoms with Crippen LogP contribution in [0, 0.1) is 13.8 Å². The summed E-state index contributed by atoms with van der Waals surface area (Å²) in [4.78, 5) is 12.2.